The third-order valence-corrected chi connectivity index (χ3v) is 9.69. The maximum Gasteiger partial charge on any atom is 0.270 e. The maximum absolute atomic E-state index is 16.7. The van der Waals surface area contributed by atoms with Crippen LogP contribution in [0.4, 0.5) is 14.6 Å². The number of amides is 3. The van der Waals surface area contributed by atoms with Gasteiger partial charge in [-0.1, -0.05) is 23.4 Å². The molecule has 0 radical (unpaired) electrons. The monoisotopic (exact) mass is 725 g/mol. The number of nitrogens with one attached hydrogen (secondary N) is 1. The molecule has 2 aliphatic heterocycles. The smallest absolute Gasteiger partial charge is 0.270 e. The number of ether oxygens (including phenoxy) is 1. The molecule has 5 heterocycles. The lowest BCUT2D eigenvalue weighted by Gasteiger charge is -2.35. The van der Waals surface area contributed by atoms with Crippen LogP contribution in [-0.2, 0) is 11.3 Å². The number of methoxy groups -OCH3 is 1. The van der Waals surface area contributed by atoms with Crippen molar-refractivity contribution in [1.29, 1.82) is 0 Å². The Kier molecular flexibility index (Phi) is 9.89. The highest BCUT2D eigenvalue weighted by molar-refractivity contribution is 6.05. The van der Waals surface area contributed by atoms with E-state index in [0.29, 0.717) is 84.9 Å². The van der Waals surface area contributed by atoms with Crippen molar-refractivity contribution in [3.8, 4) is 16.9 Å². The summed E-state index contributed by atoms with van der Waals surface area (Å²) in [4.78, 5) is 53.9. The van der Waals surface area contributed by atoms with E-state index in [1.807, 2.05) is 23.1 Å². The van der Waals surface area contributed by atoms with Crippen LogP contribution < -0.4 is 9.64 Å². The average molecular weight is 726 g/mol. The number of nitrogens with zero attached hydrogens (tertiary/aromatic N) is 8. The molecular weight excluding hydrogens is 684 g/mol. The molecule has 0 bridgehead atoms. The van der Waals surface area contributed by atoms with Crippen molar-refractivity contribution >= 4 is 40.0 Å². The highest BCUT2D eigenvalue weighted by Crippen LogP contribution is 2.37. The molecule has 2 aromatic carbocycles. The predicted molar refractivity (Wildman–Crippen MR) is 197 cm³/mol. The van der Waals surface area contributed by atoms with Crippen LogP contribution in [0.5, 0.6) is 5.75 Å². The molecule has 3 amide bonds. The molecule has 5 aromatic rings. The van der Waals surface area contributed by atoms with Gasteiger partial charge in [-0.25, -0.2) is 13.8 Å². The Morgan fingerprint density at radius 2 is 1.75 bits per heavy atom. The number of aromatic amines is 1. The molecule has 3 aromatic heterocycles. The van der Waals surface area contributed by atoms with E-state index in [-0.39, 0.29) is 43.3 Å². The predicted octanol–water partition coefficient (Wildman–Crippen LogP) is 4.72. The zero-order valence-corrected chi connectivity index (χ0v) is 29.7. The van der Waals surface area contributed by atoms with E-state index in [1.165, 1.54) is 18.1 Å². The van der Waals surface area contributed by atoms with Crippen molar-refractivity contribution in [3.63, 3.8) is 0 Å². The molecule has 0 saturated carbocycles. The van der Waals surface area contributed by atoms with Crippen LogP contribution in [0.2, 0.25) is 0 Å². The summed E-state index contributed by atoms with van der Waals surface area (Å²) >= 11 is 0. The number of hydrogen-bond donors (Lipinski definition) is 1. The molecular formula is C38H41F2N9O4. The van der Waals surface area contributed by atoms with E-state index < -0.39 is 11.6 Å². The third kappa shape index (κ3) is 7.19. The van der Waals surface area contributed by atoms with Gasteiger partial charge in [-0.2, -0.15) is 0 Å². The number of hydrogen-bond acceptors (Lipinski definition) is 8. The highest BCUT2D eigenvalue weighted by atomic mass is 19.1. The van der Waals surface area contributed by atoms with Gasteiger partial charge in [0.15, 0.2) is 17.4 Å². The van der Waals surface area contributed by atoms with Gasteiger partial charge in [-0.3, -0.25) is 19.1 Å². The van der Waals surface area contributed by atoms with Gasteiger partial charge in [0.1, 0.15) is 11.5 Å². The Bertz CT molecular complexity index is 2200. The molecule has 0 atom stereocenters. The summed E-state index contributed by atoms with van der Waals surface area (Å²) < 4.78 is 37.4. The SMILES string of the molecule is COc1cc(F)cnc1N1CCN(C(=O)c2cc3c(-c4ccc(C(=O)N(C)C)cc4)cc(C4=CCCN(C(=O)CCn5ccnn5)C4)c(F)c3[nH]2)CC1.[HH]. The lowest BCUT2D eigenvalue weighted by atomic mass is 9.93. The van der Waals surface area contributed by atoms with Crippen LogP contribution in [0.3, 0.4) is 0 Å². The van der Waals surface area contributed by atoms with Crippen molar-refractivity contribution in [1.82, 2.24) is 39.7 Å². The topological polar surface area (TPSA) is 133 Å². The number of pyridine rings is 1. The van der Waals surface area contributed by atoms with Crippen LogP contribution in [-0.4, -0.2) is 118 Å². The number of aryl methyl sites for hydroxylation is 1. The molecule has 1 saturated heterocycles. The summed E-state index contributed by atoms with van der Waals surface area (Å²) in [6, 6.07) is 11.8. The highest BCUT2D eigenvalue weighted by Gasteiger charge is 2.28. The normalized spacial score (nSPS) is 14.7. The summed E-state index contributed by atoms with van der Waals surface area (Å²) in [5.74, 6) is -0.733. The van der Waals surface area contributed by atoms with Crippen LogP contribution in [0.25, 0.3) is 27.6 Å². The van der Waals surface area contributed by atoms with Gasteiger partial charge >= 0.3 is 0 Å². The minimum Gasteiger partial charge on any atom is -0.493 e. The average Bonchev–Trinajstić information content (AvgIpc) is 3.88. The molecule has 1 fully saturated rings. The molecule has 0 aliphatic carbocycles. The standard InChI is InChI=1S/C38H39F2N9O4.H2/c1-45(2)37(51)25-8-6-24(7-9-25)28-20-29(26-5-4-12-48(23-26)33(50)10-13-49-14-11-42-44-49)34(40)35-30(28)21-31(43-35)38(52)47-17-15-46(16-18-47)36-32(53-3)19-27(39)22-41-36;/h5-9,11,14,19-22,43H,4,10,12-13,15-18,23H2,1-3H3;1H. The van der Waals surface area contributed by atoms with Crippen LogP contribution >= 0.6 is 0 Å². The van der Waals surface area contributed by atoms with Gasteiger partial charge in [0.25, 0.3) is 11.8 Å². The van der Waals surface area contributed by atoms with E-state index in [4.69, 9.17) is 4.74 Å². The summed E-state index contributed by atoms with van der Waals surface area (Å²) in [6.07, 6.45) is 7.12. The minimum atomic E-state index is -0.523. The zero-order chi connectivity index (χ0) is 37.2. The van der Waals surface area contributed by atoms with Crippen molar-refractivity contribution in [3.05, 3.63) is 95.6 Å². The Morgan fingerprint density at radius 3 is 2.45 bits per heavy atom. The Labute approximate surface area is 305 Å². The molecule has 276 valence electrons. The molecule has 15 heteroatoms. The van der Waals surface area contributed by atoms with Gasteiger partial charge in [-0.05, 0) is 47.4 Å². The molecule has 53 heavy (non-hydrogen) atoms. The van der Waals surface area contributed by atoms with Crippen molar-refractivity contribution < 1.29 is 29.3 Å². The summed E-state index contributed by atoms with van der Waals surface area (Å²) in [7, 11) is 4.82. The molecule has 2 aliphatic rings. The number of carbonyl (C=O) groups excluding carboxylic acids is 3. The first-order valence-electron chi connectivity index (χ1n) is 17.3. The lowest BCUT2D eigenvalue weighted by Crippen LogP contribution is -2.49. The number of H-pyrrole nitrogens is 1. The Morgan fingerprint density at radius 1 is 0.981 bits per heavy atom. The number of aromatic nitrogens is 5. The van der Waals surface area contributed by atoms with Crippen LogP contribution in [0.15, 0.2) is 67.1 Å². The Hall–Kier alpha value is -6.12. The van der Waals surface area contributed by atoms with E-state index in [9.17, 15) is 18.8 Å². The van der Waals surface area contributed by atoms with Crippen LogP contribution in [0.1, 0.15) is 40.7 Å². The van der Waals surface area contributed by atoms with Gasteiger partial charge < -0.3 is 29.3 Å². The van der Waals surface area contributed by atoms with Gasteiger partial charge in [-0.15, -0.1) is 5.10 Å². The number of fused-ring (bicyclic) bond motifs is 1. The molecule has 0 spiro atoms. The van der Waals surface area contributed by atoms with Gasteiger partial charge in [0.2, 0.25) is 5.91 Å². The van der Waals surface area contributed by atoms with E-state index in [1.54, 1.807) is 65.2 Å². The number of piperazine rings is 1. The fourth-order valence-electron chi connectivity index (χ4n) is 6.86. The minimum absolute atomic E-state index is 0. The second-order valence-electron chi connectivity index (χ2n) is 13.2. The first-order valence-corrected chi connectivity index (χ1v) is 17.3. The second-order valence-corrected chi connectivity index (χ2v) is 13.2. The molecule has 0 unspecified atom stereocenters. The summed E-state index contributed by atoms with van der Waals surface area (Å²) in [5, 5.41) is 8.23. The van der Waals surface area contributed by atoms with E-state index in [2.05, 4.69) is 20.3 Å². The quantitative estimate of drug-likeness (QED) is 0.231. The fourth-order valence-corrected chi connectivity index (χ4v) is 6.86. The van der Waals surface area contributed by atoms with Crippen LogP contribution in [0, 0.1) is 11.6 Å². The van der Waals surface area contributed by atoms with Crippen molar-refractivity contribution in [2.75, 3.05) is 65.4 Å². The van der Waals surface area contributed by atoms with E-state index in [0.717, 1.165) is 11.8 Å². The number of anilines is 1. The van der Waals surface area contributed by atoms with Crippen molar-refractivity contribution in [2.45, 2.75) is 19.4 Å². The first kappa shape index (κ1) is 35.3. The summed E-state index contributed by atoms with van der Waals surface area (Å²) in [6.45, 7) is 2.69. The molecule has 13 nitrogen and oxygen atoms in total. The summed E-state index contributed by atoms with van der Waals surface area (Å²) in [5.41, 5.74) is 3.29. The number of halogens is 2. The maximum atomic E-state index is 16.7. The van der Waals surface area contributed by atoms with Gasteiger partial charge in [0, 0.05) is 90.0 Å². The molecule has 7 rings (SSSR count). The number of rotatable bonds is 9. The number of benzene rings is 2. The number of carbonyl (C=O) groups is 3. The fraction of sp³-hybridized carbons (Fsp3) is 0.316. The second kappa shape index (κ2) is 14.9. The molecule has 1 N–H and O–H groups in total. The van der Waals surface area contributed by atoms with Crippen molar-refractivity contribution in [2.24, 2.45) is 0 Å². The Balaban J connectivity index is 0.00000497. The first-order chi connectivity index (χ1) is 25.6. The third-order valence-electron chi connectivity index (χ3n) is 9.69. The zero-order valence-electron chi connectivity index (χ0n) is 29.7. The van der Waals surface area contributed by atoms with Gasteiger partial charge in [0.05, 0.1) is 31.6 Å². The van der Waals surface area contributed by atoms with E-state index >= 15 is 4.39 Å². The lowest BCUT2D eigenvalue weighted by molar-refractivity contribution is -0.131. The largest absolute Gasteiger partial charge is 0.493 e.